The maximum absolute atomic E-state index is 11.5. The Morgan fingerprint density at radius 1 is 1.58 bits per heavy atom. The van der Waals surface area contributed by atoms with Crippen molar-refractivity contribution in [2.75, 3.05) is 18.1 Å². The van der Waals surface area contributed by atoms with E-state index in [2.05, 4.69) is 16.0 Å². The summed E-state index contributed by atoms with van der Waals surface area (Å²) >= 11 is 1.46. The molecule has 1 heterocycles. The molecule has 0 saturated carbocycles. The van der Waals surface area contributed by atoms with E-state index in [-0.39, 0.29) is 18.0 Å². The van der Waals surface area contributed by atoms with E-state index in [1.54, 1.807) is 6.92 Å². The summed E-state index contributed by atoms with van der Waals surface area (Å²) in [4.78, 5) is 19.6. The number of anilines is 1. The number of thioether (sulfide) groups is 1. The van der Waals surface area contributed by atoms with E-state index in [0.717, 1.165) is 18.6 Å². The number of rotatable bonds is 7. The molecule has 0 aromatic carbocycles. The Bertz CT molecular complexity index is 473. The summed E-state index contributed by atoms with van der Waals surface area (Å²) in [5.41, 5.74) is 5.89. The molecule has 0 unspecified atom stereocenters. The van der Waals surface area contributed by atoms with Gasteiger partial charge in [-0.1, -0.05) is 11.8 Å². The lowest BCUT2D eigenvalue weighted by molar-refractivity contribution is 0.0526. The fourth-order valence-electron chi connectivity index (χ4n) is 1.28. The molecule has 0 saturated heterocycles. The van der Waals surface area contributed by atoms with Crippen molar-refractivity contribution >= 4 is 23.5 Å². The van der Waals surface area contributed by atoms with Crippen molar-refractivity contribution in [3.8, 4) is 6.07 Å². The first-order chi connectivity index (χ1) is 9.19. The van der Waals surface area contributed by atoms with Gasteiger partial charge in [0.15, 0.2) is 5.16 Å². The SMILES string of the molecule is CCOC(=O)c1cnc(SCCCCC#N)nc1N. The first-order valence-electron chi connectivity index (χ1n) is 5.98. The Hall–Kier alpha value is -1.81. The molecule has 2 N–H and O–H groups in total. The van der Waals surface area contributed by atoms with Gasteiger partial charge in [-0.2, -0.15) is 5.26 Å². The van der Waals surface area contributed by atoms with Gasteiger partial charge in [-0.15, -0.1) is 0 Å². The number of nitrogens with two attached hydrogens (primary N) is 1. The average Bonchev–Trinajstić information content (AvgIpc) is 2.39. The van der Waals surface area contributed by atoms with E-state index < -0.39 is 5.97 Å². The molecule has 6 nitrogen and oxygen atoms in total. The number of carbonyl (C=O) groups excluding carboxylic acids is 1. The maximum Gasteiger partial charge on any atom is 0.343 e. The molecule has 0 spiro atoms. The molecule has 0 bridgehead atoms. The minimum atomic E-state index is -0.509. The quantitative estimate of drug-likeness (QED) is 0.353. The number of unbranched alkanes of at least 4 members (excludes halogenated alkanes) is 2. The van der Waals surface area contributed by atoms with Gasteiger partial charge in [0.2, 0.25) is 0 Å². The van der Waals surface area contributed by atoms with Crippen molar-refractivity contribution in [1.29, 1.82) is 5.26 Å². The summed E-state index contributed by atoms with van der Waals surface area (Å²) in [6.45, 7) is 2.01. The van der Waals surface area contributed by atoms with Crippen LogP contribution in [0.4, 0.5) is 5.82 Å². The number of ether oxygens (including phenoxy) is 1. The third-order valence-electron chi connectivity index (χ3n) is 2.21. The normalized spacial score (nSPS) is 9.89. The second kappa shape index (κ2) is 8.32. The van der Waals surface area contributed by atoms with Crippen LogP contribution in [0.5, 0.6) is 0 Å². The number of nitriles is 1. The largest absolute Gasteiger partial charge is 0.462 e. The topological polar surface area (TPSA) is 102 Å². The van der Waals surface area contributed by atoms with Crippen LogP contribution in [-0.2, 0) is 4.74 Å². The van der Waals surface area contributed by atoms with E-state index in [1.165, 1.54) is 18.0 Å². The van der Waals surface area contributed by atoms with Gasteiger partial charge in [0, 0.05) is 18.4 Å². The van der Waals surface area contributed by atoms with Gasteiger partial charge < -0.3 is 10.5 Å². The number of esters is 1. The van der Waals surface area contributed by atoms with Crippen molar-refractivity contribution < 1.29 is 9.53 Å². The second-order valence-electron chi connectivity index (χ2n) is 3.64. The molecule has 19 heavy (non-hydrogen) atoms. The molecule has 0 aliphatic rings. The molecule has 7 heteroatoms. The summed E-state index contributed by atoms with van der Waals surface area (Å²) < 4.78 is 4.84. The lowest BCUT2D eigenvalue weighted by atomic mass is 10.3. The summed E-state index contributed by atoms with van der Waals surface area (Å²) in [7, 11) is 0. The highest BCUT2D eigenvalue weighted by Gasteiger charge is 2.13. The van der Waals surface area contributed by atoms with E-state index in [1.807, 2.05) is 0 Å². The lowest BCUT2D eigenvalue weighted by Crippen LogP contribution is -2.10. The van der Waals surface area contributed by atoms with Crippen molar-refractivity contribution in [2.24, 2.45) is 0 Å². The van der Waals surface area contributed by atoms with Crippen molar-refractivity contribution in [2.45, 2.75) is 31.3 Å². The molecule has 0 amide bonds. The average molecular weight is 280 g/mol. The molecule has 0 fully saturated rings. The number of nitrogens with zero attached hydrogens (tertiary/aromatic N) is 3. The zero-order valence-electron chi connectivity index (χ0n) is 10.8. The van der Waals surface area contributed by atoms with Crippen LogP contribution in [0.3, 0.4) is 0 Å². The Morgan fingerprint density at radius 3 is 3.00 bits per heavy atom. The van der Waals surface area contributed by atoms with Crippen LogP contribution in [0.15, 0.2) is 11.4 Å². The Labute approximate surface area is 116 Å². The van der Waals surface area contributed by atoms with Gasteiger partial charge in [0.1, 0.15) is 11.4 Å². The number of aromatic nitrogens is 2. The van der Waals surface area contributed by atoms with Gasteiger partial charge in [0.25, 0.3) is 0 Å². The number of carbonyl (C=O) groups is 1. The van der Waals surface area contributed by atoms with E-state index >= 15 is 0 Å². The van der Waals surface area contributed by atoms with Crippen LogP contribution in [0.25, 0.3) is 0 Å². The van der Waals surface area contributed by atoms with E-state index in [9.17, 15) is 4.79 Å². The van der Waals surface area contributed by atoms with Gasteiger partial charge in [-0.25, -0.2) is 14.8 Å². The molecule has 1 rings (SSSR count). The maximum atomic E-state index is 11.5. The molecule has 0 atom stereocenters. The highest BCUT2D eigenvalue weighted by atomic mass is 32.2. The Kier molecular flexibility index (Phi) is 6.68. The number of nitrogen functional groups attached to an aromatic ring is 1. The minimum absolute atomic E-state index is 0.132. The highest BCUT2D eigenvalue weighted by molar-refractivity contribution is 7.99. The van der Waals surface area contributed by atoms with Gasteiger partial charge >= 0.3 is 5.97 Å². The fraction of sp³-hybridized carbons (Fsp3) is 0.500. The van der Waals surface area contributed by atoms with Crippen molar-refractivity contribution in [3.63, 3.8) is 0 Å². The van der Waals surface area contributed by atoms with Gasteiger partial charge in [-0.05, 0) is 19.8 Å². The highest BCUT2D eigenvalue weighted by Crippen LogP contribution is 2.18. The summed E-state index contributed by atoms with van der Waals surface area (Å²) in [5.74, 6) is 0.443. The van der Waals surface area contributed by atoms with Gasteiger partial charge in [-0.3, -0.25) is 0 Å². The minimum Gasteiger partial charge on any atom is -0.462 e. The first kappa shape index (κ1) is 15.2. The monoisotopic (exact) mass is 280 g/mol. The molecule has 0 aliphatic carbocycles. The molecule has 102 valence electrons. The van der Waals surface area contributed by atoms with Crippen LogP contribution in [0, 0.1) is 11.3 Å². The zero-order valence-corrected chi connectivity index (χ0v) is 11.6. The zero-order chi connectivity index (χ0) is 14.1. The molecule has 0 radical (unpaired) electrons. The summed E-state index contributed by atoms with van der Waals surface area (Å²) in [5, 5.41) is 8.93. The van der Waals surface area contributed by atoms with E-state index in [0.29, 0.717) is 11.6 Å². The summed E-state index contributed by atoms with van der Waals surface area (Å²) in [6, 6.07) is 2.10. The standard InChI is InChI=1S/C12H16N4O2S/c1-2-18-11(17)9-8-15-12(16-10(9)14)19-7-5-3-4-6-13/h8H,2-5,7H2,1H3,(H2,14,15,16). The molecule has 0 aliphatic heterocycles. The van der Waals surface area contributed by atoms with Crippen LogP contribution in [-0.4, -0.2) is 28.3 Å². The summed E-state index contributed by atoms with van der Waals surface area (Å²) in [6.07, 6.45) is 3.73. The Balaban J connectivity index is 2.52. The first-order valence-corrected chi connectivity index (χ1v) is 6.97. The third kappa shape index (κ3) is 5.14. The number of hydrogen-bond donors (Lipinski definition) is 1. The molecule has 1 aromatic rings. The predicted octanol–water partition coefficient (Wildman–Crippen LogP) is 2.02. The van der Waals surface area contributed by atoms with Crippen LogP contribution < -0.4 is 5.73 Å². The predicted molar refractivity (Wildman–Crippen MR) is 72.6 cm³/mol. The van der Waals surface area contributed by atoms with E-state index in [4.69, 9.17) is 15.7 Å². The number of hydrogen-bond acceptors (Lipinski definition) is 7. The van der Waals surface area contributed by atoms with Crippen molar-refractivity contribution in [1.82, 2.24) is 9.97 Å². The van der Waals surface area contributed by atoms with Crippen LogP contribution in [0.1, 0.15) is 36.5 Å². The molecular formula is C12H16N4O2S. The van der Waals surface area contributed by atoms with Gasteiger partial charge in [0.05, 0.1) is 12.7 Å². The lowest BCUT2D eigenvalue weighted by Gasteiger charge is -2.05. The third-order valence-corrected chi connectivity index (χ3v) is 3.15. The van der Waals surface area contributed by atoms with Crippen LogP contribution >= 0.6 is 11.8 Å². The fourth-order valence-corrected chi connectivity index (χ4v) is 2.10. The van der Waals surface area contributed by atoms with Crippen molar-refractivity contribution in [3.05, 3.63) is 11.8 Å². The smallest absolute Gasteiger partial charge is 0.343 e. The molecular weight excluding hydrogens is 264 g/mol. The molecule has 1 aromatic heterocycles. The second-order valence-corrected chi connectivity index (χ2v) is 4.70. The Morgan fingerprint density at radius 2 is 2.37 bits per heavy atom. The van der Waals surface area contributed by atoms with Crippen LogP contribution in [0.2, 0.25) is 0 Å².